The number of ether oxygens (including phenoxy) is 1. The van der Waals surface area contributed by atoms with Crippen LogP contribution in [-0.2, 0) is 9.53 Å². The molecule has 1 N–H and O–H groups in total. The van der Waals surface area contributed by atoms with E-state index >= 15 is 0 Å². The first-order valence-corrected chi connectivity index (χ1v) is 5.44. The number of rotatable bonds is 7. The van der Waals surface area contributed by atoms with Gasteiger partial charge in [0.25, 0.3) is 5.91 Å². The van der Waals surface area contributed by atoms with Crippen LogP contribution in [0.15, 0.2) is 0 Å². The smallest absolute Gasteiger partial charge is 0.251 e. The lowest BCUT2D eigenvalue weighted by Gasteiger charge is -2.25. The normalized spacial score (nSPS) is 15.1. The molecule has 0 aromatic carbocycles. The topological polar surface area (TPSA) is 41.6 Å². The number of hydrogen-bond acceptors (Lipinski definition) is 3. The third-order valence-corrected chi connectivity index (χ3v) is 2.67. The van der Waals surface area contributed by atoms with E-state index in [-0.39, 0.29) is 5.91 Å². The van der Waals surface area contributed by atoms with Crippen molar-refractivity contribution in [2.75, 3.05) is 34.3 Å². The van der Waals surface area contributed by atoms with Gasteiger partial charge in [0.15, 0.2) is 0 Å². The fourth-order valence-corrected chi connectivity index (χ4v) is 1.18. The van der Waals surface area contributed by atoms with Crippen LogP contribution in [0.25, 0.3) is 0 Å². The van der Waals surface area contributed by atoms with Gasteiger partial charge in [-0.15, -0.1) is 0 Å². The number of hydrogen-bond donors (Lipinski definition) is 1. The lowest BCUT2D eigenvalue weighted by Crippen LogP contribution is -2.46. The van der Waals surface area contributed by atoms with Gasteiger partial charge in [0.1, 0.15) is 5.60 Å². The maximum Gasteiger partial charge on any atom is 0.251 e. The summed E-state index contributed by atoms with van der Waals surface area (Å²) in [7, 11) is 5.61. The predicted octanol–water partition coefficient (Wildman–Crippen LogP) is 0.869. The minimum absolute atomic E-state index is 0.0220. The average Bonchev–Trinajstić information content (AvgIpc) is 2.22. The van der Waals surface area contributed by atoms with E-state index in [1.54, 1.807) is 7.11 Å². The SMILES string of the molecule is CCC(C)(OC)C(=O)NCCCN(C)C. The third kappa shape index (κ3) is 5.14. The fourth-order valence-electron chi connectivity index (χ4n) is 1.18. The van der Waals surface area contributed by atoms with E-state index in [4.69, 9.17) is 4.74 Å². The second-order valence-corrected chi connectivity index (χ2v) is 4.20. The lowest BCUT2D eigenvalue weighted by atomic mass is 10.0. The molecule has 0 spiro atoms. The Morgan fingerprint density at radius 2 is 2.07 bits per heavy atom. The molecule has 4 nitrogen and oxygen atoms in total. The first-order valence-electron chi connectivity index (χ1n) is 5.44. The minimum Gasteiger partial charge on any atom is -0.369 e. The molecule has 0 rings (SSSR count). The Labute approximate surface area is 93.0 Å². The van der Waals surface area contributed by atoms with E-state index in [1.807, 2.05) is 27.9 Å². The standard InChI is InChI=1S/C11H24N2O2/c1-6-11(2,15-5)10(14)12-8-7-9-13(3)4/h6-9H2,1-5H3,(H,12,14). The van der Waals surface area contributed by atoms with Crippen LogP contribution in [-0.4, -0.2) is 50.7 Å². The molecule has 0 aliphatic carbocycles. The van der Waals surface area contributed by atoms with Crippen LogP contribution in [0.3, 0.4) is 0 Å². The van der Waals surface area contributed by atoms with Crippen molar-refractivity contribution in [1.82, 2.24) is 10.2 Å². The Kier molecular flexibility index (Phi) is 6.52. The molecule has 0 aliphatic heterocycles. The number of nitrogens with one attached hydrogen (secondary N) is 1. The molecule has 0 heterocycles. The molecule has 4 heteroatoms. The highest BCUT2D eigenvalue weighted by molar-refractivity contribution is 5.84. The monoisotopic (exact) mass is 216 g/mol. The second-order valence-electron chi connectivity index (χ2n) is 4.20. The molecular weight excluding hydrogens is 192 g/mol. The van der Waals surface area contributed by atoms with E-state index in [2.05, 4.69) is 10.2 Å². The maximum absolute atomic E-state index is 11.7. The van der Waals surface area contributed by atoms with Gasteiger partial charge < -0.3 is 15.0 Å². The number of carbonyl (C=O) groups is 1. The summed E-state index contributed by atoms with van der Waals surface area (Å²) in [6.07, 6.45) is 1.64. The van der Waals surface area contributed by atoms with Crippen molar-refractivity contribution in [3.63, 3.8) is 0 Å². The Balaban J connectivity index is 3.82. The van der Waals surface area contributed by atoms with Gasteiger partial charge in [-0.3, -0.25) is 4.79 Å². The second kappa shape index (κ2) is 6.80. The highest BCUT2D eigenvalue weighted by Gasteiger charge is 2.30. The van der Waals surface area contributed by atoms with Gasteiger partial charge in [0.05, 0.1) is 0 Å². The lowest BCUT2D eigenvalue weighted by molar-refractivity contribution is -0.141. The molecule has 90 valence electrons. The largest absolute Gasteiger partial charge is 0.369 e. The van der Waals surface area contributed by atoms with Crippen molar-refractivity contribution in [3.8, 4) is 0 Å². The average molecular weight is 216 g/mol. The number of amides is 1. The van der Waals surface area contributed by atoms with Crippen LogP contribution in [0.5, 0.6) is 0 Å². The molecule has 0 saturated heterocycles. The van der Waals surface area contributed by atoms with E-state index in [0.29, 0.717) is 13.0 Å². The van der Waals surface area contributed by atoms with Crippen molar-refractivity contribution in [2.24, 2.45) is 0 Å². The number of carbonyl (C=O) groups excluding carboxylic acids is 1. The van der Waals surface area contributed by atoms with Crippen molar-refractivity contribution in [1.29, 1.82) is 0 Å². The van der Waals surface area contributed by atoms with Crippen molar-refractivity contribution >= 4 is 5.91 Å². The molecule has 0 fully saturated rings. The van der Waals surface area contributed by atoms with Gasteiger partial charge in [-0.25, -0.2) is 0 Å². The van der Waals surface area contributed by atoms with Crippen molar-refractivity contribution in [2.45, 2.75) is 32.3 Å². The molecule has 1 atom stereocenters. The van der Waals surface area contributed by atoms with Crippen molar-refractivity contribution in [3.05, 3.63) is 0 Å². The molecule has 0 aromatic rings. The fraction of sp³-hybridized carbons (Fsp3) is 0.909. The number of methoxy groups -OCH3 is 1. The molecule has 0 aromatic heterocycles. The van der Waals surface area contributed by atoms with Crippen LogP contribution in [0.2, 0.25) is 0 Å². The van der Waals surface area contributed by atoms with Crippen LogP contribution in [0.1, 0.15) is 26.7 Å². The van der Waals surface area contributed by atoms with Crippen LogP contribution in [0.4, 0.5) is 0 Å². The van der Waals surface area contributed by atoms with Gasteiger partial charge in [0, 0.05) is 13.7 Å². The van der Waals surface area contributed by atoms with E-state index < -0.39 is 5.60 Å². The Bertz CT molecular complexity index is 189. The zero-order chi connectivity index (χ0) is 11.9. The number of nitrogens with zero attached hydrogens (tertiary/aromatic N) is 1. The van der Waals surface area contributed by atoms with Gasteiger partial charge in [-0.1, -0.05) is 6.92 Å². The van der Waals surface area contributed by atoms with Crippen LogP contribution in [0, 0.1) is 0 Å². The Hall–Kier alpha value is -0.610. The molecular formula is C11H24N2O2. The summed E-state index contributed by atoms with van der Waals surface area (Å²) in [4.78, 5) is 13.8. The van der Waals surface area contributed by atoms with Gasteiger partial charge >= 0.3 is 0 Å². The summed E-state index contributed by atoms with van der Waals surface area (Å²) in [5.41, 5.74) is -0.682. The van der Waals surface area contributed by atoms with Gasteiger partial charge in [-0.05, 0) is 40.4 Å². The summed E-state index contributed by atoms with van der Waals surface area (Å²) < 4.78 is 5.20. The Morgan fingerprint density at radius 3 is 2.47 bits per heavy atom. The zero-order valence-corrected chi connectivity index (χ0v) is 10.6. The zero-order valence-electron chi connectivity index (χ0n) is 10.6. The Morgan fingerprint density at radius 1 is 1.47 bits per heavy atom. The van der Waals surface area contributed by atoms with Crippen molar-refractivity contribution < 1.29 is 9.53 Å². The summed E-state index contributed by atoms with van der Waals surface area (Å²) >= 11 is 0. The summed E-state index contributed by atoms with van der Waals surface area (Å²) in [6, 6.07) is 0. The highest BCUT2D eigenvalue weighted by atomic mass is 16.5. The first-order chi connectivity index (χ1) is 6.96. The van der Waals surface area contributed by atoms with E-state index in [9.17, 15) is 4.79 Å². The molecule has 0 saturated carbocycles. The summed E-state index contributed by atoms with van der Waals surface area (Å²) in [5, 5.41) is 2.89. The maximum atomic E-state index is 11.7. The highest BCUT2D eigenvalue weighted by Crippen LogP contribution is 2.13. The predicted molar refractivity (Wildman–Crippen MR) is 61.9 cm³/mol. The van der Waals surface area contributed by atoms with E-state index in [1.165, 1.54) is 0 Å². The van der Waals surface area contributed by atoms with Gasteiger partial charge in [0.2, 0.25) is 0 Å². The van der Waals surface area contributed by atoms with E-state index in [0.717, 1.165) is 13.0 Å². The third-order valence-electron chi connectivity index (χ3n) is 2.67. The molecule has 0 bridgehead atoms. The summed E-state index contributed by atoms with van der Waals surface area (Å²) in [6.45, 7) is 5.45. The van der Waals surface area contributed by atoms with Crippen LogP contribution < -0.4 is 5.32 Å². The molecule has 1 amide bonds. The molecule has 0 aliphatic rings. The molecule has 1 unspecified atom stereocenters. The minimum atomic E-state index is -0.682. The first kappa shape index (κ1) is 14.4. The summed E-state index contributed by atoms with van der Waals surface area (Å²) in [5.74, 6) is -0.0220. The van der Waals surface area contributed by atoms with Crippen LogP contribution >= 0.6 is 0 Å². The quantitative estimate of drug-likeness (QED) is 0.642. The molecule has 0 radical (unpaired) electrons. The van der Waals surface area contributed by atoms with Gasteiger partial charge in [-0.2, -0.15) is 0 Å². The molecule has 15 heavy (non-hydrogen) atoms.